The lowest BCUT2D eigenvalue weighted by Crippen LogP contribution is -2.47. The Morgan fingerprint density at radius 1 is 1.35 bits per heavy atom. The Bertz CT molecular complexity index is 547. The van der Waals surface area contributed by atoms with Crippen LogP contribution < -0.4 is 0 Å². The molecule has 1 N–H and O–H groups in total. The minimum absolute atomic E-state index is 0.0325. The zero-order valence-electron chi connectivity index (χ0n) is 9.60. The fourth-order valence-corrected chi connectivity index (χ4v) is 2.71. The van der Waals surface area contributed by atoms with E-state index in [1.54, 1.807) is 11.9 Å². The van der Waals surface area contributed by atoms with E-state index in [-0.39, 0.29) is 11.9 Å². The Hall–Kier alpha value is -1.97. The largest absolute Gasteiger partial charge is 0.290 e. The van der Waals surface area contributed by atoms with Gasteiger partial charge in [0.25, 0.3) is 0 Å². The van der Waals surface area contributed by atoms with Crippen molar-refractivity contribution in [1.29, 1.82) is 5.41 Å². The van der Waals surface area contributed by atoms with Crippen LogP contribution in [0.15, 0.2) is 29.3 Å². The number of benzene rings is 1. The fraction of sp³-hybridized carbons (Fsp3) is 0.308. The molecular weight excluding hydrogens is 214 g/mol. The molecule has 0 bridgehead atoms. The van der Waals surface area contributed by atoms with Gasteiger partial charge in [-0.1, -0.05) is 24.3 Å². The third kappa shape index (κ3) is 1.27. The number of nitrogens with one attached hydrogen (secondary N) is 1. The zero-order chi connectivity index (χ0) is 12.0. The smallest absolute Gasteiger partial charge is 0.228 e. The SMILES string of the molecule is CN=C1c2ccccc2C(=N)N2C(=O)CCC12. The summed E-state index contributed by atoms with van der Waals surface area (Å²) in [5.41, 5.74) is 2.73. The molecule has 0 saturated carbocycles. The Kier molecular flexibility index (Phi) is 2.11. The van der Waals surface area contributed by atoms with Crippen LogP contribution in [0.3, 0.4) is 0 Å². The third-order valence-corrected chi connectivity index (χ3v) is 3.47. The Morgan fingerprint density at radius 2 is 2.06 bits per heavy atom. The predicted molar refractivity (Wildman–Crippen MR) is 65.6 cm³/mol. The predicted octanol–water partition coefficient (Wildman–Crippen LogP) is 1.44. The first-order valence-electron chi connectivity index (χ1n) is 5.71. The van der Waals surface area contributed by atoms with Crippen molar-refractivity contribution < 1.29 is 4.79 Å². The quantitative estimate of drug-likeness (QED) is 0.716. The lowest BCUT2D eigenvalue weighted by Gasteiger charge is -2.33. The normalized spacial score (nSPS) is 25.1. The van der Waals surface area contributed by atoms with E-state index in [1.807, 2.05) is 24.3 Å². The number of hydrogen-bond donors (Lipinski definition) is 1. The van der Waals surface area contributed by atoms with Crippen LogP contribution in [0.5, 0.6) is 0 Å². The van der Waals surface area contributed by atoms with Crippen LogP contribution in [-0.2, 0) is 4.79 Å². The summed E-state index contributed by atoms with van der Waals surface area (Å²) in [5, 5.41) is 8.14. The van der Waals surface area contributed by atoms with Crippen LogP contribution in [0, 0.1) is 5.41 Å². The molecule has 17 heavy (non-hydrogen) atoms. The molecule has 1 aromatic carbocycles. The average Bonchev–Trinajstić information content (AvgIpc) is 2.73. The van der Waals surface area contributed by atoms with Crippen molar-refractivity contribution in [3.63, 3.8) is 0 Å². The van der Waals surface area contributed by atoms with Gasteiger partial charge in [0.1, 0.15) is 5.84 Å². The number of amidine groups is 1. The number of carbonyl (C=O) groups is 1. The van der Waals surface area contributed by atoms with Gasteiger partial charge in [0.05, 0.1) is 11.8 Å². The number of hydrogen-bond acceptors (Lipinski definition) is 3. The number of aliphatic imine (C=N–C) groups is 1. The van der Waals surface area contributed by atoms with Gasteiger partial charge in [-0.3, -0.25) is 20.1 Å². The molecule has 1 atom stereocenters. The molecule has 4 nitrogen and oxygen atoms in total. The van der Waals surface area contributed by atoms with Gasteiger partial charge < -0.3 is 0 Å². The van der Waals surface area contributed by atoms with Crippen LogP contribution in [0.1, 0.15) is 24.0 Å². The number of carbonyl (C=O) groups excluding carboxylic acids is 1. The molecule has 0 radical (unpaired) electrons. The molecule has 0 aliphatic carbocycles. The standard InChI is InChI=1S/C13H13N3O/c1-15-12-8-4-2-3-5-9(8)13(14)16-10(12)6-7-11(16)17/h2-5,10,14H,6-7H2,1H3. The molecule has 0 aromatic heterocycles. The van der Waals surface area contributed by atoms with E-state index in [1.165, 1.54) is 0 Å². The van der Waals surface area contributed by atoms with Crippen LogP contribution in [0.2, 0.25) is 0 Å². The maximum atomic E-state index is 11.8. The highest BCUT2D eigenvalue weighted by Gasteiger charge is 2.42. The van der Waals surface area contributed by atoms with Crippen molar-refractivity contribution in [2.75, 3.05) is 7.05 Å². The summed E-state index contributed by atoms with van der Waals surface area (Å²) in [5.74, 6) is 0.358. The highest BCUT2D eigenvalue weighted by atomic mass is 16.2. The van der Waals surface area contributed by atoms with Crippen molar-refractivity contribution in [2.45, 2.75) is 18.9 Å². The van der Waals surface area contributed by atoms with E-state index >= 15 is 0 Å². The molecule has 2 aliphatic heterocycles. The average molecular weight is 227 g/mol. The fourth-order valence-electron chi connectivity index (χ4n) is 2.71. The summed E-state index contributed by atoms with van der Waals surface area (Å²) in [6.45, 7) is 0. The molecule has 1 fully saturated rings. The van der Waals surface area contributed by atoms with Crippen molar-refractivity contribution >= 4 is 17.5 Å². The van der Waals surface area contributed by atoms with Crippen molar-refractivity contribution in [1.82, 2.24) is 4.90 Å². The minimum atomic E-state index is -0.0325. The molecule has 3 rings (SSSR count). The van der Waals surface area contributed by atoms with Crippen LogP contribution in [0.4, 0.5) is 0 Å². The summed E-state index contributed by atoms with van der Waals surface area (Å²) >= 11 is 0. The Morgan fingerprint density at radius 3 is 2.76 bits per heavy atom. The maximum absolute atomic E-state index is 11.8. The van der Waals surface area contributed by atoms with E-state index in [2.05, 4.69) is 4.99 Å². The summed E-state index contributed by atoms with van der Waals surface area (Å²) in [4.78, 5) is 17.7. The number of fused-ring (bicyclic) bond motifs is 2. The molecule has 1 unspecified atom stereocenters. The van der Waals surface area contributed by atoms with Crippen molar-refractivity contribution in [3.05, 3.63) is 35.4 Å². The first-order valence-corrected chi connectivity index (χ1v) is 5.71. The highest BCUT2D eigenvalue weighted by molar-refractivity contribution is 6.23. The summed E-state index contributed by atoms with van der Waals surface area (Å²) < 4.78 is 0. The number of rotatable bonds is 0. The van der Waals surface area contributed by atoms with Gasteiger partial charge in [0, 0.05) is 24.6 Å². The molecule has 1 amide bonds. The third-order valence-electron chi connectivity index (χ3n) is 3.47. The Balaban J connectivity index is 2.23. The molecule has 1 aromatic rings. The van der Waals surface area contributed by atoms with E-state index in [0.717, 1.165) is 23.3 Å². The van der Waals surface area contributed by atoms with E-state index in [4.69, 9.17) is 5.41 Å². The summed E-state index contributed by atoms with van der Waals surface area (Å²) in [7, 11) is 1.75. The minimum Gasteiger partial charge on any atom is -0.290 e. The van der Waals surface area contributed by atoms with Crippen molar-refractivity contribution in [2.24, 2.45) is 4.99 Å². The molecule has 0 spiro atoms. The van der Waals surface area contributed by atoms with E-state index in [0.29, 0.717) is 12.3 Å². The van der Waals surface area contributed by atoms with E-state index < -0.39 is 0 Å². The van der Waals surface area contributed by atoms with E-state index in [9.17, 15) is 4.79 Å². The summed E-state index contributed by atoms with van der Waals surface area (Å²) in [6, 6.07) is 7.66. The second kappa shape index (κ2) is 3.52. The topological polar surface area (TPSA) is 56.5 Å². The zero-order valence-corrected chi connectivity index (χ0v) is 9.60. The van der Waals surface area contributed by atoms with Gasteiger partial charge >= 0.3 is 0 Å². The Labute approximate surface area is 99.5 Å². The maximum Gasteiger partial charge on any atom is 0.228 e. The van der Waals surface area contributed by atoms with Gasteiger partial charge in [0.15, 0.2) is 0 Å². The molecule has 4 heteroatoms. The second-order valence-electron chi connectivity index (χ2n) is 4.32. The van der Waals surface area contributed by atoms with Gasteiger partial charge in [-0.15, -0.1) is 0 Å². The molecular formula is C13H13N3O. The lowest BCUT2D eigenvalue weighted by molar-refractivity contribution is -0.124. The molecule has 2 aliphatic rings. The molecule has 2 heterocycles. The monoisotopic (exact) mass is 227 g/mol. The number of nitrogens with zero attached hydrogens (tertiary/aromatic N) is 2. The lowest BCUT2D eigenvalue weighted by atomic mass is 9.91. The van der Waals surface area contributed by atoms with Gasteiger partial charge in [0.2, 0.25) is 5.91 Å². The second-order valence-corrected chi connectivity index (χ2v) is 4.32. The molecule has 86 valence electrons. The molecule has 1 saturated heterocycles. The van der Waals surface area contributed by atoms with Crippen LogP contribution in [-0.4, -0.2) is 35.4 Å². The van der Waals surface area contributed by atoms with Gasteiger partial charge in [-0.2, -0.15) is 0 Å². The van der Waals surface area contributed by atoms with Crippen molar-refractivity contribution in [3.8, 4) is 0 Å². The first-order chi connectivity index (χ1) is 8.24. The summed E-state index contributed by atoms with van der Waals surface area (Å²) in [6.07, 6.45) is 1.28. The van der Waals surface area contributed by atoms with Gasteiger partial charge in [-0.25, -0.2) is 0 Å². The number of amides is 1. The first kappa shape index (κ1) is 10.2. The highest BCUT2D eigenvalue weighted by Crippen LogP contribution is 2.31. The van der Waals surface area contributed by atoms with Crippen LogP contribution in [0.25, 0.3) is 0 Å². The van der Waals surface area contributed by atoms with Crippen LogP contribution >= 0.6 is 0 Å². The van der Waals surface area contributed by atoms with Gasteiger partial charge in [-0.05, 0) is 6.42 Å².